The van der Waals surface area contributed by atoms with E-state index in [9.17, 15) is 4.39 Å². The summed E-state index contributed by atoms with van der Waals surface area (Å²) in [5.74, 6) is -0.240. The zero-order chi connectivity index (χ0) is 13.0. The van der Waals surface area contributed by atoms with Gasteiger partial charge in [0.15, 0.2) is 0 Å². The molecule has 0 unspecified atom stereocenters. The van der Waals surface area contributed by atoms with Crippen LogP contribution in [0.2, 0.25) is 0 Å². The van der Waals surface area contributed by atoms with Gasteiger partial charge < -0.3 is 0 Å². The van der Waals surface area contributed by atoms with Crippen LogP contribution in [-0.2, 0) is 0 Å². The molecular weight excluding hydrogens is 215 g/mol. The maximum atomic E-state index is 13.7. The second-order valence-corrected chi connectivity index (χ2v) is 3.71. The third-order valence-corrected chi connectivity index (χ3v) is 2.43. The van der Waals surface area contributed by atoms with Crippen molar-refractivity contribution in [2.45, 2.75) is 13.8 Å². The number of rotatable bonds is 3. The average molecular weight is 228 g/mol. The van der Waals surface area contributed by atoms with Gasteiger partial charge in [-0.25, -0.2) is 9.38 Å². The van der Waals surface area contributed by atoms with E-state index < -0.39 is 0 Å². The molecule has 0 spiro atoms. The number of aliphatic imine (C=N–C) groups is 1. The highest BCUT2D eigenvalue weighted by Crippen LogP contribution is 2.21. The molecule has 0 amide bonds. The topological polar surface area (TPSA) is 36.1 Å². The van der Waals surface area contributed by atoms with Gasteiger partial charge in [-0.1, -0.05) is 25.3 Å². The molecule has 0 aliphatic heterocycles. The van der Waals surface area contributed by atoms with Crippen molar-refractivity contribution < 1.29 is 4.39 Å². The predicted molar refractivity (Wildman–Crippen MR) is 68.2 cm³/mol. The maximum Gasteiger partial charge on any atom is 0.133 e. The van der Waals surface area contributed by atoms with Crippen LogP contribution >= 0.6 is 0 Å². The van der Waals surface area contributed by atoms with Crippen LogP contribution in [0.1, 0.15) is 16.7 Å². The van der Waals surface area contributed by atoms with E-state index in [0.717, 1.165) is 0 Å². The van der Waals surface area contributed by atoms with Gasteiger partial charge in [0.2, 0.25) is 0 Å². The van der Waals surface area contributed by atoms with Gasteiger partial charge in [-0.05, 0) is 36.1 Å². The molecule has 0 saturated heterocycles. The normalized spacial score (nSPS) is 10.2. The Morgan fingerprint density at radius 2 is 2.06 bits per heavy atom. The number of nitriles is 1. The highest BCUT2D eigenvalue weighted by atomic mass is 19.1. The first-order valence-corrected chi connectivity index (χ1v) is 5.05. The fourth-order valence-electron chi connectivity index (χ4n) is 1.42. The Morgan fingerprint density at radius 3 is 2.65 bits per heavy atom. The van der Waals surface area contributed by atoms with Crippen LogP contribution in [0.5, 0.6) is 0 Å². The summed E-state index contributed by atoms with van der Waals surface area (Å²) in [6, 6.07) is 5.28. The molecule has 1 aromatic rings. The van der Waals surface area contributed by atoms with E-state index >= 15 is 0 Å². The molecule has 86 valence electrons. The summed E-state index contributed by atoms with van der Waals surface area (Å²) in [7, 11) is 0. The van der Waals surface area contributed by atoms with Gasteiger partial charge in [-0.2, -0.15) is 5.26 Å². The van der Waals surface area contributed by atoms with Gasteiger partial charge in [-0.3, -0.25) is 0 Å². The molecule has 0 aliphatic rings. The number of aryl methyl sites for hydroxylation is 1. The van der Waals surface area contributed by atoms with Crippen LogP contribution in [0.4, 0.5) is 4.39 Å². The van der Waals surface area contributed by atoms with E-state index in [1.165, 1.54) is 6.21 Å². The minimum absolute atomic E-state index is 0.0939. The van der Waals surface area contributed by atoms with Crippen molar-refractivity contribution in [3.8, 4) is 6.07 Å². The Hall–Kier alpha value is -2.21. The fourth-order valence-corrected chi connectivity index (χ4v) is 1.42. The largest absolute Gasteiger partial charge is 0.246 e. The second-order valence-electron chi connectivity index (χ2n) is 3.71. The third kappa shape index (κ3) is 2.88. The molecule has 1 rings (SSSR count). The molecule has 0 radical (unpaired) electrons. The van der Waals surface area contributed by atoms with Crippen molar-refractivity contribution in [1.82, 2.24) is 0 Å². The Balaban J connectivity index is 3.07. The molecule has 0 heterocycles. The quantitative estimate of drug-likeness (QED) is 0.575. The van der Waals surface area contributed by atoms with Crippen LogP contribution in [0.15, 0.2) is 36.0 Å². The van der Waals surface area contributed by atoms with E-state index in [0.29, 0.717) is 22.3 Å². The first-order chi connectivity index (χ1) is 7.97. The SMILES string of the molecule is C=C(C#N)N=CC(=C)c1ccc(C)c(F)c1C. The number of hydrogen-bond donors (Lipinski definition) is 0. The van der Waals surface area contributed by atoms with E-state index in [2.05, 4.69) is 18.2 Å². The van der Waals surface area contributed by atoms with E-state index in [1.807, 2.05) is 0 Å². The average Bonchev–Trinajstić information content (AvgIpc) is 2.32. The summed E-state index contributed by atoms with van der Waals surface area (Å²) in [5.41, 5.74) is 2.46. The van der Waals surface area contributed by atoms with Crippen molar-refractivity contribution in [3.05, 3.63) is 53.5 Å². The molecule has 0 atom stereocenters. The molecule has 0 bridgehead atoms. The zero-order valence-corrected chi connectivity index (χ0v) is 9.92. The standard InChI is InChI=1S/C14H13FN2/c1-9-5-6-13(12(4)14(9)15)10(2)8-17-11(3)7-16/h5-6,8H,2-3H2,1,4H3. The number of benzene rings is 1. The Bertz CT molecular complexity index is 548. The predicted octanol–water partition coefficient (Wildman–Crippen LogP) is 3.56. The van der Waals surface area contributed by atoms with Crippen LogP contribution < -0.4 is 0 Å². The summed E-state index contributed by atoms with van der Waals surface area (Å²) in [4.78, 5) is 3.81. The van der Waals surface area contributed by atoms with E-state index in [-0.39, 0.29) is 11.5 Å². The van der Waals surface area contributed by atoms with Crippen molar-refractivity contribution in [2.75, 3.05) is 0 Å². The lowest BCUT2D eigenvalue weighted by atomic mass is 9.99. The molecule has 17 heavy (non-hydrogen) atoms. The van der Waals surface area contributed by atoms with Crippen molar-refractivity contribution in [2.24, 2.45) is 4.99 Å². The smallest absolute Gasteiger partial charge is 0.133 e. The van der Waals surface area contributed by atoms with Crippen LogP contribution in [0.3, 0.4) is 0 Å². The second kappa shape index (κ2) is 5.22. The number of nitrogens with zero attached hydrogens (tertiary/aromatic N) is 2. The maximum absolute atomic E-state index is 13.7. The molecule has 0 fully saturated rings. The van der Waals surface area contributed by atoms with Crippen molar-refractivity contribution in [1.29, 1.82) is 5.26 Å². The first-order valence-electron chi connectivity index (χ1n) is 5.05. The fraction of sp³-hybridized carbons (Fsp3) is 0.143. The van der Waals surface area contributed by atoms with Gasteiger partial charge in [-0.15, -0.1) is 0 Å². The summed E-state index contributed by atoms with van der Waals surface area (Å²) >= 11 is 0. The molecule has 3 heteroatoms. The summed E-state index contributed by atoms with van der Waals surface area (Å²) in [6.45, 7) is 10.6. The van der Waals surface area contributed by atoms with Crippen molar-refractivity contribution in [3.63, 3.8) is 0 Å². The molecule has 1 aromatic carbocycles. The molecule has 0 aliphatic carbocycles. The lowest BCUT2D eigenvalue weighted by molar-refractivity contribution is 0.609. The monoisotopic (exact) mass is 228 g/mol. The van der Waals surface area contributed by atoms with Gasteiger partial charge in [0.05, 0.1) is 0 Å². The van der Waals surface area contributed by atoms with Crippen LogP contribution in [0, 0.1) is 31.0 Å². The van der Waals surface area contributed by atoms with E-state index in [4.69, 9.17) is 5.26 Å². The van der Waals surface area contributed by atoms with E-state index in [1.54, 1.807) is 32.0 Å². The lowest BCUT2D eigenvalue weighted by Gasteiger charge is -2.08. The summed E-state index contributed by atoms with van der Waals surface area (Å²) in [6.07, 6.45) is 1.42. The molecular formula is C14H13FN2. The Kier molecular flexibility index (Phi) is 3.95. The molecule has 2 nitrogen and oxygen atoms in total. The Morgan fingerprint density at radius 1 is 1.41 bits per heavy atom. The zero-order valence-electron chi connectivity index (χ0n) is 9.92. The third-order valence-electron chi connectivity index (χ3n) is 2.43. The minimum atomic E-state index is -0.240. The van der Waals surface area contributed by atoms with Gasteiger partial charge in [0.1, 0.15) is 17.6 Å². The highest BCUT2D eigenvalue weighted by molar-refractivity contribution is 6.09. The van der Waals surface area contributed by atoms with Gasteiger partial charge >= 0.3 is 0 Å². The molecule has 0 aromatic heterocycles. The number of halogens is 1. The lowest BCUT2D eigenvalue weighted by Crippen LogP contribution is -1.95. The first kappa shape index (κ1) is 12.9. The Labute approximate surface area is 100 Å². The summed E-state index contributed by atoms with van der Waals surface area (Å²) in [5, 5.41) is 8.50. The summed E-state index contributed by atoms with van der Waals surface area (Å²) < 4.78 is 13.7. The van der Waals surface area contributed by atoms with Gasteiger partial charge in [0, 0.05) is 6.21 Å². The van der Waals surface area contributed by atoms with Gasteiger partial charge in [0.25, 0.3) is 0 Å². The highest BCUT2D eigenvalue weighted by Gasteiger charge is 2.08. The molecule has 0 saturated carbocycles. The van der Waals surface area contributed by atoms with Crippen LogP contribution in [-0.4, -0.2) is 6.21 Å². The van der Waals surface area contributed by atoms with Crippen LogP contribution in [0.25, 0.3) is 5.57 Å². The number of hydrogen-bond acceptors (Lipinski definition) is 2. The van der Waals surface area contributed by atoms with Crippen molar-refractivity contribution >= 4 is 11.8 Å². The molecule has 0 N–H and O–H groups in total. The number of allylic oxidation sites excluding steroid dienone is 2. The minimum Gasteiger partial charge on any atom is -0.246 e.